The summed E-state index contributed by atoms with van der Waals surface area (Å²) in [6, 6.07) is 12.0. The van der Waals surface area contributed by atoms with Gasteiger partial charge in [0.1, 0.15) is 5.75 Å². The summed E-state index contributed by atoms with van der Waals surface area (Å²) in [5, 5.41) is 3.09. The molecule has 154 valence electrons. The molecule has 0 radical (unpaired) electrons. The van der Waals surface area contributed by atoms with Gasteiger partial charge in [-0.15, -0.1) is 0 Å². The standard InChI is InChI=1S/C25H32N2O2/c1-6-19-20-16-27(5)17-25(3,4)21(20)13-14-22(19)26-24(28)15-12-18-10-8-9-11-23(18)29-7-2/h8-15H,6-7,16-17H2,1-5H3,(H,26,28). The van der Waals surface area contributed by atoms with Crippen LogP contribution in [0.2, 0.25) is 0 Å². The van der Waals surface area contributed by atoms with E-state index in [2.05, 4.69) is 50.2 Å². The average Bonchev–Trinajstić information content (AvgIpc) is 2.66. The summed E-state index contributed by atoms with van der Waals surface area (Å²) in [7, 11) is 2.16. The maximum Gasteiger partial charge on any atom is 0.248 e. The lowest BCUT2D eigenvalue weighted by atomic mass is 9.76. The first-order valence-electron chi connectivity index (χ1n) is 10.4. The van der Waals surface area contributed by atoms with Gasteiger partial charge in [0.05, 0.1) is 6.61 Å². The van der Waals surface area contributed by atoms with E-state index in [1.54, 1.807) is 12.2 Å². The molecule has 4 heteroatoms. The summed E-state index contributed by atoms with van der Waals surface area (Å²) in [5.41, 5.74) is 5.90. The van der Waals surface area contributed by atoms with Crippen LogP contribution in [0.1, 0.15) is 49.9 Å². The molecule has 0 unspecified atom stereocenters. The molecule has 0 spiro atoms. The second-order valence-corrected chi connectivity index (χ2v) is 8.32. The number of anilines is 1. The molecular weight excluding hydrogens is 360 g/mol. The highest BCUT2D eigenvalue weighted by Gasteiger charge is 2.32. The SMILES string of the molecule is CCOc1ccccc1C=CC(=O)Nc1ccc2c(c1CC)CN(C)CC2(C)C. The van der Waals surface area contributed by atoms with Crippen molar-refractivity contribution in [2.75, 3.05) is 25.5 Å². The van der Waals surface area contributed by atoms with Gasteiger partial charge in [0, 0.05) is 35.8 Å². The first kappa shape index (κ1) is 21.1. The Morgan fingerprint density at radius 1 is 1.21 bits per heavy atom. The van der Waals surface area contributed by atoms with Crippen molar-refractivity contribution in [2.24, 2.45) is 0 Å². The molecule has 1 aliphatic heterocycles. The maximum atomic E-state index is 12.6. The van der Waals surface area contributed by atoms with Crippen LogP contribution in [-0.2, 0) is 23.2 Å². The minimum Gasteiger partial charge on any atom is -0.493 e. The van der Waals surface area contributed by atoms with Gasteiger partial charge in [-0.3, -0.25) is 4.79 Å². The Hall–Kier alpha value is -2.59. The van der Waals surface area contributed by atoms with E-state index in [0.29, 0.717) is 6.61 Å². The zero-order valence-electron chi connectivity index (χ0n) is 18.2. The summed E-state index contributed by atoms with van der Waals surface area (Å²) in [6.45, 7) is 11.2. The van der Waals surface area contributed by atoms with Gasteiger partial charge in [0.2, 0.25) is 5.91 Å². The smallest absolute Gasteiger partial charge is 0.248 e. The number of carbonyl (C=O) groups excluding carboxylic acids is 1. The first-order chi connectivity index (χ1) is 13.9. The number of nitrogens with zero attached hydrogens (tertiary/aromatic N) is 1. The van der Waals surface area contributed by atoms with E-state index in [0.717, 1.165) is 36.5 Å². The zero-order valence-corrected chi connectivity index (χ0v) is 18.2. The quantitative estimate of drug-likeness (QED) is 0.702. The molecule has 2 aromatic carbocycles. The minimum absolute atomic E-state index is 0.109. The third-order valence-corrected chi connectivity index (χ3v) is 5.50. The third kappa shape index (κ3) is 4.70. The monoisotopic (exact) mass is 392 g/mol. The summed E-state index contributed by atoms with van der Waals surface area (Å²) < 4.78 is 5.63. The normalized spacial score (nSPS) is 15.9. The lowest BCUT2D eigenvalue weighted by molar-refractivity contribution is -0.111. The fraction of sp³-hybridized carbons (Fsp3) is 0.400. The number of hydrogen-bond acceptors (Lipinski definition) is 3. The lowest BCUT2D eigenvalue weighted by Gasteiger charge is -2.39. The molecule has 1 aliphatic rings. The van der Waals surface area contributed by atoms with Crippen LogP contribution in [-0.4, -0.2) is 31.0 Å². The Morgan fingerprint density at radius 3 is 2.69 bits per heavy atom. The number of rotatable bonds is 6. The van der Waals surface area contributed by atoms with Crippen LogP contribution in [0.5, 0.6) is 5.75 Å². The van der Waals surface area contributed by atoms with E-state index in [4.69, 9.17) is 4.74 Å². The number of para-hydroxylation sites is 1. The van der Waals surface area contributed by atoms with Crippen molar-refractivity contribution in [3.8, 4) is 5.75 Å². The predicted octanol–water partition coefficient (Wildman–Crippen LogP) is 5.02. The van der Waals surface area contributed by atoms with Crippen LogP contribution in [0.25, 0.3) is 6.08 Å². The summed E-state index contributed by atoms with van der Waals surface area (Å²) in [5.74, 6) is 0.654. The number of amides is 1. The van der Waals surface area contributed by atoms with E-state index in [-0.39, 0.29) is 11.3 Å². The zero-order chi connectivity index (χ0) is 21.0. The topological polar surface area (TPSA) is 41.6 Å². The second-order valence-electron chi connectivity index (χ2n) is 8.32. The molecule has 0 aromatic heterocycles. The van der Waals surface area contributed by atoms with Gasteiger partial charge < -0.3 is 15.0 Å². The fourth-order valence-electron chi connectivity index (χ4n) is 4.36. The van der Waals surface area contributed by atoms with Crippen LogP contribution in [0.15, 0.2) is 42.5 Å². The molecule has 29 heavy (non-hydrogen) atoms. The molecule has 1 N–H and O–H groups in total. The number of fused-ring (bicyclic) bond motifs is 1. The Morgan fingerprint density at radius 2 is 1.97 bits per heavy atom. The van der Waals surface area contributed by atoms with E-state index in [1.165, 1.54) is 16.7 Å². The van der Waals surface area contributed by atoms with E-state index in [9.17, 15) is 4.79 Å². The van der Waals surface area contributed by atoms with Gasteiger partial charge >= 0.3 is 0 Å². The molecular formula is C25H32N2O2. The molecule has 0 atom stereocenters. The van der Waals surface area contributed by atoms with Crippen molar-refractivity contribution in [3.05, 3.63) is 64.7 Å². The van der Waals surface area contributed by atoms with Crippen molar-refractivity contribution in [2.45, 2.75) is 46.1 Å². The average molecular weight is 393 g/mol. The molecule has 1 heterocycles. The van der Waals surface area contributed by atoms with E-state index in [1.807, 2.05) is 31.2 Å². The van der Waals surface area contributed by atoms with Crippen LogP contribution in [0, 0.1) is 0 Å². The summed E-state index contributed by atoms with van der Waals surface area (Å²) in [4.78, 5) is 15.0. The van der Waals surface area contributed by atoms with Crippen molar-refractivity contribution >= 4 is 17.7 Å². The Kier molecular flexibility index (Phi) is 6.43. The molecule has 0 saturated carbocycles. The van der Waals surface area contributed by atoms with Gasteiger partial charge in [-0.2, -0.15) is 0 Å². The first-order valence-corrected chi connectivity index (χ1v) is 10.4. The van der Waals surface area contributed by atoms with Gasteiger partial charge in [-0.25, -0.2) is 0 Å². The number of benzene rings is 2. The number of nitrogens with one attached hydrogen (secondary N) is 1. The molecule has 2 aromatic rings. The van der Waals surface area contributed by atoms with E-state index >= 15 is 0 Å². The number of ether oxygens (including phenoxy) is 1. The highest BCUT2D eigenvalue weighted by atomic mass is 16.5. The molecule has 0 aliphatic carbocycles. The van der Waals surface area contributed by atoms with Gasteiger partial charge in [0.25, 0.3) is 0 Å². The summed E-state index contributed by atoms with van der Waals surface area (Å²) >= 11 is 0. The van der Waals surface area contributed by atoms with Crippen molar-refractivity contribution in [3.63, 3.8) is 0 Å². The fourth-order valence-corrected chi connectivity index (χ4v) is 4.36. The van der Waals surface area contributed by atoms with Crippen molar-refractivity contribution in [1.82, 2.24) is 4.90 Å². The van der Waals surface area contributed by atoms with E-state index < -0.39 is 0 Å². The van der Waals surface area contributed by atoms with Crippen LogP contribution in [0.4, 0.5) is 5.69 Å². The molecule has 1 amide bonds. The van der Waals surface area contributed by atoms with Crippen LogP contribution in [0.3, 0.4) is 0 Å². The highest BCUT2D eigenvalue weighted by molar-refractivity contribution is 6.02. The van der Waals surface area contributed by atoms with Crippen molar-refractivity contribution < 1.29 is 9.53 Å². The van der Waals surface area contributed by atoms with Crippen molar-refractivity contribution in [1.29, 1.82) is 0 Å². The van der Waals surface area contributed by atoms with Gasteiger partial charge in [-0.1, -0.05) is 45.0 Å². The predicted molar refractivity (Wildman–Crippen MR) is 120 cm³/mol. The number of hydrogen-bond donors (Lipinski definition) is 1. The molecule has 4 nitrogen and oxygen atoms in total. The largest absolute Gasteiger partial charge is 0.493 e. The van der Waals surface area contributed by atoms with Gasteiger partial charge in [0.15, 0.2) is 0 Å². The van der Waals surface area contributed by atoms with Crippen LogP contribution < -0.4 is 10.1 Å². The molecule has 0 fully saturated rings. The Bertz CT molecular complexity index is 915. The Balaban J connectivity index is 1.84. The highest BCUT2D eigenvalue weighted by Crippen LogP contribution is 2.37. The lowest BCUT2D eigenvalue weighted by Crippen LogP contribution is -2.40. The van der Waals surface area contributed by atoms with Gasteiger partial charge in [-0.05, 0) is 55.3 Å². The minimum atomic E-state index is -0.130. The summed E-state index contributed by atoms with van der Waals surface area (Å²) in [6.07, 6.45) is 4.27. The van der Waals surface area contributed by atoms with Crippen LogP contribution >= 0.6 is 0 Å². The second kappa shape index (κ2) is 8.83. The molecule has 3 rings (SSSR count). The number of carbonyl (C=O) groups is 1. The maximum absolute atomic E-state index is 12.6. The number of likely N-dealkylation sites (N-methyl/N-ethyl adjacent to an activating group) is 1. The Labute approximate surface area is 174 Å². The third-order valence-electron chi connectivity index (χ3n) is 5.50. The molecule has 0 bridgehead atoms. The molecule has 0 saturated heterocycles.